The second-order valence-electron chi connectivity index (χ2n) is 5.51. The molecule has 6 nitrogen and oxygen atoms in total. The number of thiophene rings is 1. The van der Waals surface area contributed by atoms with Crippen LogP contribution in [0.4, 0.5) is 11.5 Å². The Balaban J connectivity index is 1.66. The first-order valence-electron chi connectivity index (χ1n) is 7.83. The minimum Gasteiger partial charge on any atom is -0.354 e. The minimum atomic E-state index is -0.109. The third kappa shape index (κ3) is 3.02. The Labute approximate surface area is 158 Å². The summed E-state index contributed by atoms with van der Waals surface area (Å²) in [6, 6.07) is 13.1. The average Bonchev–Trinajstić information content (AvgIpc) is 3.29. The summed E-state index contributed by atoms with van der Waals surface area (Å²) in [5.74, 6) is 0.573. The Bertz CT molecular complexity index is 1100. The van der Waals surface area contributed by atoms with Crippen molar-refractivity contribution in [1.82, 2.24) is 20.1 Å². The van der Waals surface area contributed by atoms with Crippen molar-refractivity contribution < 1.29 is 4.79 Å². The molecular formula is C18H14ClN5OS. The fourth-order valence-electron chi connectivity index (χ4n) is 2.57. The number of aromatic nitrogens is 3. The maximum atomic E-state index is 11.7. The third-order valence-corrected chi connectivity index (χ3v) is 5.09. The van der Waals surface area contributed by atoms with E-state index in [2.05, 4.69) is 20.7 Å². The molecule has 8 heteroatoms. The van der Waals surface area contributed by atoms with E-state index >= 15 is 0 Å². The Hall–Kier alpha value is -2.90. The summed E-state index contributed by atoms with van der Waals surface area (Å²) >= 11 is 7.55. The first-order chi connectivity index (χ1) is 12.7. The lowest BCUT2D eigenvalue weighted by Gasteiger charge is -2.07. The van der Waals surface area contributed by atoms with Crippen molar-refractivity contribution in [2.24, 2.45) is 0 Å². The Morgan fingerprint density at radius 3 is 2.88 bits per heavy atom. The van der Waals surface area contributed by atoms with Crippen molar-refractivity contribution >= 4 is 51.4 Å². The number of carbonyl (C=O) groups is 1. The maximum absolute atomic E-state index is 11.7. The van der Waals surface area contributed by atoms with Crippen molar-refractivity contribution in [3.05, 3.63) is 63.9 Å². The summed E-state index contributed by atoms with van der Waals surface area (Å²) in [5.41, 5.74) is 3.23. The van der Waals surface area contributed by atoms with Gasteiger partial charge in [0, 0.05) is 12.4 Å². The number of pyridine rings is 1. The zero-order valence-electron chi connectivity index (χ0n) is 13.7. The Kier molecular flexibility index (Phi) is 4.32. The van der Waals surface area contributed by atoms with Crippen LogP contribution in [0.25, 0.3) is 16.7 Å². The van der Waals surface area contributed by atoms with Gasteiger partial charge in [0.05, 0.1) is 33.0 Å². The number of rotatable bonds is 4. The molecular weight excluding hydrogens is 370 g/mol. The van der Waals surface area contributed by atoms with Crippen molar-refractivity contribution in [2.75, 3.05) is 12.4 Å². The molecule has 0 atom stereocenters. The quantitative estimate of drug-likeness (QED) is 0.553. The van der Waals surface area contributed by atoms with Crippen molar-refractivity contribution in [2.45, 2.75) is 0 Å². The molecule has 0 bridgehead atoms. The number of fused-ring (bicyclic) bond motifs is 1. The van der Waals surface area contributed by atoms with Crippen LogP contribution >= 0.6 is 22.9 Å². The van der Waals surface area contributed by atoms with Crippen molar-refractivity contribution in [3.8, 4) is 5.69 Å². The first kappa shape index (κ1) is 16.6. The Morgan fingerprint density at radius 2 is 2.08 bits per heavy atom. The van der Waals surface area contributed by atoms with E-state index in [1.165, 1.54) is 11.3 Å². The number of anilines is 2. The molecule has 0 unspecified atom stereocenters. The Morgan fingerprint density at radius 1 is 1.23 bits per heavy atom. The van der Waals surface area contributed by atoms with Crippen LogP contribution in [-0.4, -0.2) is 27.7 Å². The van der Waals surface area contributed by atoms with Crippen LogP contribution in [-0.2, 0) is 0 Å². The zero-order chi connectivity index (χ0) is 18.1. The third-order valence-electron chi connectivity index (χ3n) is 3.84. The van der Waals surface area contributed by atoms with Crippen LogP contribution in [0.5, 0.6) is 0 Å². The highest BCUT2D eigenvalue weighted by atomic mass is 35.5. The highest BCUT2D eigenvalue weighted by molar-refractivity contribution is 7.12. The molecule has 0 spiro atoms. The molecule has 3 heterocycles. The highest BCUT2D eigenvalue weighted by Gasteiger charge is 2.12. The van der Waals surface area contributed by atoms with Gasteiger partial charge in [0.25, 0.3) is 5.91 Å². The van der Waals surface area contributed by atoms with Crippen LogP contribution < -0.4 is 10.6 Å². The van der Waals surface area contributed by atoms with Gasteiger partial charge in [-0.15, -0.1) is 11.3 Å². The molecule has 4 aromatic rings. The van der Waals surface area contributed by atoms with Crippen molar-refractivity contribution in [1.29, 1.82) is 0 Å². The van der Waals surface area contributed by atoms with E-state index in [0.717, 1.165) is 22.4 Å². The van der Waals surface area contributed by atoms with Gasteiger partial charge >= 0.3 is 0 Å². The van der Waals surface area contributed by atoms with E-state index in [-0.39, 0.29) is 5.91 Å². The van der Waals surface area contributed by atoms with Gasteiger partial charge in [-0.3, -0.25) is 4.79 Å². The summed E-state index contributed by atoms with van der Waals surface area (Å²) in [4.78, 5) is 17.0. The van der Waals surface area contributed by atoms with E-state index in [1.807, 2.05) is 47.8 Å². The van der Waals surface area contributed by atoms with E-state index in [4.69, 9.17) is 11.6 Å². The molecule has 0 aliphatic rings. The van der Waals surface area contributed by atoms with Crippen LogP contribution in [0.2, 0.25) is 5.02 Å². The smallest absolute Gasteiger partial charge is 0.261 e. The van der Waals surface area contributed by atoms with Gasteiger partial charge in [-0.05, 0) is 30.3 Å². The summed E-state index contributed by atoms with van der Waals surface area (Å²) < 4.78 is 1.77. The molecule has 1 aromatic carbocycles. The molecule has 130 valence electrons. The molecule has 0 aliphatic carbocycles. The predicted octanol–water partition coefficient (Wildman–Crippen LogP) is 4.24. The van der Waals surface area contributed by atoms with Gasteiger partial charge in [-0.25, -0.2) is 9.67 Å². The van der Waals surface area contributed by atoms with E-state index in [0.29, 0.717) is 15.7 Å². The number of benzene rings is 1. The summed E-state index contributed by atoms with van der Waals surface area (Å²) in [7, 11) is 1.61. The number of hydrogen-bond acceptors (Lipinski definition) is 5. The number of nitrogens with zero attached hydrogens (tertiary/aromatic N) is 3. The predicted molar refractivity (Wildman–Crippen MR) is 105 cm³/mol. The molecule has 0 saturated heterocycles. The van der Waals surface area contributed by atoms with Crippen molar-refractivity contribution in [3.63, 3.8) is 0 Å². The van der Waals surface area contributed by atoms with Crippen LogP contribution in [0.1, 0.15) is 9.67 Å². The van der Waals surface area contributed by atoms with Gasteiger partial charge in [0.1, 0.15) is 11.3 Å². The molecule has 26 heavy (non-hydrogen) atoms. The topological polar surface area (TPSA) is 71.8 Å². The molecule has 2 N–H and O–H groups in total. The second-order valence-corrected chi connectivity index (χ2v) is 6.83. The molecule has 0 fully saturated rings. The lowest BCUT2D eigenvalue weighted by molar-refractivity contribution is 0.0967. The summed E-state index contributed by atoms with van der Waals surface area (Å²) in [5, 5.41) is 12.8. The monoisotopic (exact) mass is 383 g/mol. The van der Waals surface area contributed by atoms with E-state index in [1.54, 1.807) is 17.9 Å². The minimum absolute atomic E-state index is 0.109. The summed E-state index contributed by atoms with van der Waals surface area (Å²) in [6.45, 7) is 0. The molecule has 0 aliphatic heterocycles. The lowest BCUT2D eigenvalue weighted by atomic mass is 10.3. The molecule has 3 aromatic heterocycles. The van der Waals surface area contributed by atoms with Crippen LogP contribution in [0.3, 0.4) is 0 Å². The SMILES string of the molecule is CNC(=O)c1cc(-n2ncc3nc(Nc4ccccc4Cl)ccc32)cs1. The molecule has 0 radical (unpaired) electrons. The molecule has 1 amide bonds. The van der Waals surface area contributed by atoms with Gasteiger partial charge in [0.2, 0.25) is 0 Å². The van der Waals surface area contributed by atoms with Gasteiger partial charge in [-0.1, -0.05) is 23.7 Å². The number of nitrogens with one attached hydrogen (secondary N) is 2. The summed E-state index contributed by atoms with van der Waals surface area (Å²) in [6.07, 6.45) is 1.70. The fourth-order valence-corrected chi connectivity index (χ4v) is 3.57. The average molecular weight is 384 g/mol. The highest BCUT2D eigenvalue weighted by Crippen LogP contribution is 2.26. The standard InChI is InChI=1S/C18H14ClN5OS/c1-20-18(25)16-8-11(10-26-16)24-15-6-7-17(23-14(15)9-21-24)22-13-5-3-2-4-12(13)19/h2-10H,1H3,(H,20,25)(H,22,23). The normalized spacial score (nSPS) is 10.8. The second kappa shape index (κ2) is 6.78. The van der Waals surface area contributed by atoms with Gasteiger partial charge in [0.15, 0.2) is 0 Å². The maximum Gasteiger partial charge on any atom is 0.261 e. The van der Waals surface area contributed by atoms with Gasteiger partial charge in [-0.2, -0.15) is 5.10 Å². The largest absolute Gasteiger partial charge is 0.354 e. The molecule has 4 rings (SSSR count). The number of hydrogen-bond donors (Lipinski definition) is 2. The van der Waals surface area contributed by atoms with Gasteiger partial charge < -0.3 is 10.6 Å². The zero-order valence-corrected chi connectivity index (χ0v) is 15.3. The number of amides is 1. The first-order valence-corrected chi connectivity index (χ1v) is 9.09. The molecule has 0 saturated carbocycles. The van der Waals surface area contributed by atoms with Crippen LogP contribution in [0.15, 0.2) is 54.0 Å². The number of para-hydroxylation sites is 1. The van der Waals surface area contributed by atoms with Crippen LogP contribution in [0, 0.1) is 0 Å². The van der Waals surface area contributed by atoms with E-state index in [9.17, 15) is 4.79 Å². The number of halogens is 1. The fraction of sp³-hybridized carbons (Fsp3) is 0.0556. The van der Waals surface area contributed by atoms with E-state index < -0.39 is 0 Å². The lowest BCUT2D eigenvalue weighted by Crippen LogP contribution is -2.16. The number of carbonyl (C=O) groups excluding carboxylic acids is 1.